The molecule has 0 unspecified atom stereocenters. The van der Waals surface area contributed by atoms with E-state index in [1.165, 1.54) is 48.5 Å². The first kappa shape index (κ1) is 20.2. The van der Waals surface area contributed by atoms with Crippen molar-refractivity contribution in [3.8, 4) is 11.3 Å². The summed E-state index contributed by atoms with van der Waals surface area (Å²) in [5.41, 5.74) is 0.530. The van der Waals surface area contributed by atoms with E-state index in [2.05, 4.69) is 5.32 Å². The zero-order chi connectivity index (χ0) is 22.1. The van der Waals surface area contributed by atoms with Crippen molar-refractivity contribution >= 4 is 46.9 Å². The summed E-state index contributed by atoms with van der Waals surface area (Å²) in [6.07, 6.45) is 1.25. The number of anilines is 1. The number of carboxylic acid groups (broad SMARTS) is 1. The molecule has 9 heteroatoms. The van der Waals surface area contributed by atoms with Crippen LogP contribution in [0.4, 0.5) is 10.1 Å². The highest BCUT2D eigenvalue weighted by molar-refractivity contribution is 7.80. The first-order valence-electron chi connectivity index (χ1n) is 8.92. The highest BCUT2D eigenvalue weighted by Crippen LogP contribution is 2.26. The van der Waals surface area contributed by atoms with Crippen molar-refractivity contribution in [3.63, 3.8) is 0 Å². The Morgan fingerprint density at radius 1 is 1.10 bits per heavy atom. The highest BCUT2D eigenvalue weighted by Gasteiger charge is 2.34. The van der Waals surface area contributed by atoms with Crippen LogP contribution in [0, 0.1) is 5.82 Å². The van der Waals surface area contributed by atoms with Crippen molar-refractivity contribution < 1.29 is 28.3 Å². The lowest BCUT2D eigenvalue weighted by Gasteiger charge is -2.28. The summed E-state index contributed by atoms with van der Waals surface area (Å²) in [4.78, 5) is 37.4. The van der Waals surface area contributed by atoms with Crippen molar-refractivity contribution in [2.45, 2.75) is 0 Å². The lowest BCUT2D eigenvalue weighted by molar-refractivity contribution is -0.255. The van der Waals surface area contributed by atoms with Gasteiger partial charge in [-0.05, 0) is 66.3 Å². The van der Waals surface area contributed by atoms with Crippen molar-refractivity contribution in [3.05, 3.63) is 83.4 Å². The molecule has 154 valence electrons. The Bertz CT molecular complexity index is 1260. The smallest absolute Gasteiger partial charge is 0.270 e. The number of furan rings is 1. The number of carbonyl (C=O) groups is 3. The molecule has 0 atom stereocenters. The maximum Gasteiger partial charge on any atom is 0.270 e. The largest absolute Gasteiger partial charge is 0.545 e. The fourth-order valence-corrected chi connectivity index (χ4v) is 3.29. The number of nitrogens with one attached hydrogen (secondary N) is 1. The lowest BCUT2D eigenvalue weighted by Crippen LogP contribution is -2.54. The molecular weight excluding hydrogens is 423 g/mol. The van der Waals surface area contributed by atoms with E-state index in [0.717, 1.165) is 4.90 Å². The Hall–Kier alpha value is -4.11. The Kier molecular flexibility index (Phi) is 5.18. The zero-order valence-electron chi connectivity index (χ0n) is 15.6. The van der Waals surface area contributed by atoms with Gasteiger partial charge in [0.05, 0.1) is 11.7 Å². The van der Waals surface area contributed by atoms with Crippen LogP contribution in [0.2, 0.25) is 0 Å². The zero-order valence-corrected chi connectivity index (χ0v) is 16.4. The van der Waals surface area contributed by atoms with Gasteiger partial charge in [-0.3, -0.25) is 19.8 Å². The van der Waals surface area contributed by atoms with E-state index in [-0.39, 0.29) is 22.0 Å². The number of amides is 2. The lowest BCUT2D eigenvalue weighted by atomic mass is 10.1. The molecule has 31 heavy (non-hydrogen) atoms. The molecule has 1 aromatic heterocycles. The third-order valence-corrected chi connectivity index (χ3v) is 4.77. The summed E-state index contributed by atoms with van der Waals surface area (Å²) >= 11 is 5.09. The Morgan fingerprint density at radius 3 is 2.55 bits per heavy atom. The number of aromatic carboxylic acids is 1. The Balaban J connectivity index is 1.66. The van der Waals surface area contributed by atoms with Crippen LogP contribution < -0.4 is 15.3 Å². The van der Waals surface area contributed by atoms with Crippen LogP contribution in [0.15, 0.2) is 70.7 Å². The van der Waals surface area contributed by atoms with Crippen LogP contribution in [0.1, 0.15) is 16.1 Å². The number of halogens is 1. The number of benzene rings is 2. The van der Waals surface area contributed by atoms with Gasteiger partial charge in [-0.2, -0.15) is 0 Å². The molecule has 0 spiro atoms. The van der Waals surface area contributed by atoms with Gasteiger partial charge in [0.2, 0.25) is 0 Å². The Labute approximate surface area is 180 Å². The molecule has 7 nitrogen and oxygen atoms in total. The maximum absolute atomic E-state index is 13.2. The summed E-state index contributed by atoms with van der Waals surface area (Å²) in [5, 5.41) is 13.3. The predicted octanol–water partition coefficient (Wildman–Crippen LogP) is 2.28. The number of hydrogen-bond donors (Lipinski definition) is 1. The van der Waals surface area contributed by atoms with Gasteiger partial charge < -0.3 is 14.3 Å². The minimum Gasteiger partial charge on any atom is -0.545 e. The van der Waals surface area contributed by atoms with E-state index < -0.39 is 23.6 Å². The van der Waals surface area contributed by atoms with E-state index in [4.69, 9.17) is 16.6 Å². The molecule has 3 aromatic rings. The number of nitrogens with zero attached hydrogens (tertiary/aromatic N) is 1. The number of hydrogen-bond acceptors (Lipinski definition) is 6. The van der Waals surface area contributed by atoms with Crippen LogP contribution in [0.5, 0.6) is 0 Å². The Morgan fingerprint density at radius 2 is 1.84 bits per heavy atom. The van der Waals surface area contributed by atoms with Gasteiger partial charge in [-0.1, -0.05) is 18.2 Å². The summed E-state index contributed by atoms with van der Waals surface area (Å²) < 4.78 is 18.9. The molecule has 0 radical (unpaired) electrons. The fourth-order valence-electron chi connectivity index (χ4n) is 3.01. The number of thiocarbonyl (C=S) groups is 1. The molecule has 1 fully saturated rings. The van der Waals surface area contributed by atoms with Crippen molar-refractivity contribution in [2.24, 2.45) is 0 Å². The molecule has 1 saturated heterocycles. The summed E-state index contributed by atoms with van der Waals surface area (Å²) in [6.45, 7) is 0. The normalized spacial score (nSPS) is 15.3. The molecular formula is C22H12FN2O5S-. The van der Waals surface area contributed by atoms with Gasteiger partial charge in [0.15, 0.2) is 5.11 Å². The van der Waals surface area contributed by atoms with Crippen LogP contribution in [0.25, 0.3) is 17.4 Å². The third-order valence-electron chi connectivity index (χ3n) is 4.48. The SMILES string of the molecule is O=C1NC(=S)N(c2ccc(F)cc2)C(=O)/C1=C\c1ccc(-c2cccc(C(=O)[O-])c2)o1. The van der Waals surface area contributed by atoms with E-state index in [1.807, 2.05) is 0 Å². The first-order valence-corrected chi connectivity index (χ1v) is 9.33. The van der Waals surface area contributed by atoms with Gasteiger partial charge in [0.1, 0.15) is 22.9 Å². The second-order valence-corrected chi connectivity index (χ2v) is 6.89. The molecule has 0 bridgehead atoms. The van der Waals surface area contributed by atoms with Crippen LogP contribution in [-0.4, -0.2) is 22.9 Å². The molecule has 2 heterocycles. The van der Waals surface area contributed by atoms with Crippen LogP contribution in [-0.2, 0) is 9.59 Å². The number of carboxylic acids is 1. The van der Waals surface area contributed by atoms with Crippen molar-refractivity contribution in [1.82, 2.24) is 5.32 Å². The fraction of sp³-hybridized carbons (Fsp3) is 0. The molecule has 4 rings (SSSR count). The summed E-state index contributed by atoms with van der Waals surface area (Å²) in [5.74, 6) is -2.67. The first-order chi connectivity index (χ1) is 14.8. The molecule has 1 aliphatic rings. The molecule has 0 saturated carbocycles. The molecule has 1 N–H and O–H groups in total. The van der Waals surface area contributed by atoms with Gasteiger partial charge in [0, 0.05) is 5.56 Å². The standard InChI is InChI=1S/C22H13FN2O5S/c23-14-4-6-15(7-5-14)25-20(27)17(19(26)24-22(25)31)11-16-8-9-18(30-16)12-2-1-3-13(10-12)21(28)29/h1-11H,(H,28,29)(H,24,26,31)/p-1/b17-11-. The summed E-state index contributed by atoms with van der Waals surface area (Å²) in [6, 6.07) is 14.2. The van der Waals surface area contributed by atoms with Crippen molar-refractivity contribution in [1.29, 1.82) is 0 Å². The van der Waals surface area contributed by atoms with E-state index in [1.54, 1.807) is 18.2 Å². The number of carbonyl (C=O) groups excluding carboxylic acids is 3. The maximum atomic E-state index is 13.2. The molecule has 1 aliphatic heterocycles. The minimum atomic E-state index is -1.32. The molecule has 2 aromatic carbocycles. The molecule has 2 amide bonds. The van der Waals surface area contributed by atoms with Gasteiger partial charge in [-0.15, -0.1) is 0 Å². The third kappa shape index (κ3) is 3.99. The van der Waals surface area contributed by atoms with Gasteiger partial charge in [-0.25, -0.2) is 4.39 Å². The van der Waals surface area contributed by atoms with Crippen LogP contribution >= 0.6 is 12.2 Å². The average molecular weight is 435 g/mol. The minimum absolute atomic E-state index is 0.0147. The topological polar surface area (TPSA) is 103 Å². The van der Waals surface area contributed by atoms with Gasteiger partial charge in [0.25, 0.3) is 11.8 Å². The second-order valence-electron chi connectivity index (χ2n) is 6.50. The number of rotatable bonds is 4. The van der Waals surface area contributed by atoms with E-state index in [0.29, 0.717) is 17.0 Å². The summed E-state index contributed by atoms with van der Waals surface area (Å²) in [7, 11) is 0. The second kappa shape index (κ2) is 7.96. The average Bonchev–Trinajstić information content (AvgIpc) is 3.21. The predicted molar refractivity (Wildman–Crippen MR) is 111 cm³/mol. The van der Waals surface area contributed by atoms with E-state index in [9.17, 15) is 23.9 Å². The monoisotopic (exact) mass is 435 g/mol. The highest BCUT2D eigenvalue weighted by atomic mass is 32.1. The van der Waals surface area contributed by atoms with Crippen LogP contribution in [0.3, 0.4) is 0 Å². The van der Waals surface area contributed by atoms with Crippen molar-refractivity contribution in [2.75, 3.05) is 4.90 Å². The molecule has 0 aliphatic carbocycles. The quantitative estimate of drug-likeness (QED) is 0.383. The van der Waals surface area contributed by atoms with E-state index >= 15 is 0 Å². The van der Waals surface area contributed by atoms with Gasteiger partial charge >= 0.3 is 0 Å².